The number of piperidine rings is 6. The Labute approximate surface area is 668 Å². The molecule has 8 amide bonds. The first-order chi connectivity index (χ1) is 50.7. The number of hydrazine groups is 1. The van der Waals surface area contributed by atoms with E-state index >= 15 is 0 Å². The van der Waals surface area contributed by atoms with Crippen molar-refractivity contribution in [2.75, 3.05) is 125 Å². The molecule has 8 rings (SSSR count). The number of hydrogen-bond donors (Lipinski definition) is 4. The number of nitrogens with one attached hydrogen (secondary N) is 3. The van der Waals surface area contributed by atoms with Gasteiger partial charge in [0.25, 0.3) is 5.91 Å². The van der Waals surface area contributed by atoms with Crippen LogP contribution in [0.15, 0.2) is 5.10 Å². The van der Waals surface area contributed by atoms with Gasteiger partial charge in [-0.25, -0.2) is 39.6 Å². The van der Waals surface area contributed by atoms with Crippen molar-refractivity contribution in [3.8, 4) is 0 Å². The molecule has 8 aliphatic heterocycles. The van der Waals surface area contributed by atoms with E-state index in [4.69, 9.17) is 42.6 Å². The molecular formula is C75H129IN10O25. The highest BCUT2D eigenvalue weighted by Gasteiger charge is 2.49. The summed E-state index contributed by atoms with van der Waals surface area (Å²) >= 11 is 2.21. The Morgan fingerprint density at radius 3 is 1.01 bits per heavy atom. The normalized spacial score (nSPS) is 19.7. The Hall–Kier alpha value is -7.61. The number of alkyl halides is 1. The molecule has 35 nitrogen and oxygen atoms in total. The third-order valence-electron chi connectivity index (χ3n) is 19.1. The summed E-state index contributed by atoms with van der Waals surface area (Å²) in [5.41, 5.74) is 1.66. The summed E-state index contributed by atoms with van der Waals surface area (Å²) in [7, 11) is 5.37. The highest BCUT2D eigenvalue weighted by molar-refractivity contribution is 14.1. The predicted octanol–water partition coefficient (Wildman–Crippen LogP) is 7.90. The summed E-state index contributed by atoms with van der Waals surface area (Å²) in [5, 5.41) is 13.2. The quantitative estimate of drug-likeness (QED) is 0.0470. The lowest BCUT2D eigenvalue weighted by Gasteiger charge is -2.38. The van der Waals surface area contributed by atoms with Crippen LogP contribution in [0.5, 0.6) is 0 Å². The standard InChI is InChI=1S/C13H22INO4.C13H23NO5.C13H21NO5.C12H21N3O3.C12H19N3O3.C12H21NO4.H2O/c1-12(2,3)19-11(17)15-7-5-13(9-14,6-8-15)10(16)18-4;2*1-12(2,3)19-11(17)14-7-5-13(9-15,6-8-14)10(16)18-4;2*1-11(2,3)18-10(17)15-6-4-12(5-7-15)8-13-14-9(12)16;1-12(2,3)17-11(15)13-7-5-9(6-8-13)10(14)16-4;/h5-9H2,1-4H3;15H,5-9H2,1-4H3;9H,5-8H2,1-4H3;13H,4-8H2,1-3H3,(H,14,16);8H,4-7H2,1-3H3,(H,14,16);9H,5-8H2,1-4H3;1H2. The lowest BCUT2D eigenvalue weighted by atomic mass is 9.79. The van der Waals surface area contributed by atoms with E-state index in [2.05, 4.69) is 48.7 Å². The van der Waals surface area contributed by atoms with Crippen LogP contribution in [0.4, 0.5) is 28.8 Å². The summed E-state index contributed by atoms with van der Waals surface area (Å²) in [6, 6.07) is 0. The van der Waals surface area contributed by atoms with Gasteiger partial charge >= 0.3 is 60.4 Å². The van der Waals surface area contributed by atoms with Crippen LogP contribution in [-0.4, -0.2) is 283 Å². The Morgan fingerprint density at radius 2 is 0.748 bits per heavy atom. The number of amides is 8. The fourth-order valence-electron chi connectivity index (χ4n) is 12.4. The van der Waals surface area contributed by atoms with Gasteiger partial charge in [0.15, 0.2) is 0 Å². The van der Waals surface area contributed by atoms with Gasteiger partial charge in [0, 0.05) is 95.7 Å². The maximum atomic E-state index is 11.9. The topological polar surface area (TPSA) is 434 Å². The third kappa shape index (κ3) is 31.4. The number of aliphatic hydroxyl groups excluding tert-OH is 1. The number of nitrogens with zero attached hydrogens (tertiary/aromatic N) is 7. The van der Waals surface area contributed by atoms with E-state index in [1.165, 1.54) is 33.3 Å². The van der Waals surface area contributed by atoms with Crippen molar-refractivity contribution in [1.82, 2.24) is 45.7 Å². The Bertz CT molecular complexity index is 3080. The molecule has 0 aliphatic carbocycles. The summed E-state index contributed by atoms with van der Waals surface area (Å²) in [5.74, 6) is -1.42. The SMILES string of the molecule is CC(C)(C)OC(=O)N1CCC2(C=NNC2=O)CC1.CC(C)(C)OC(=O)N1CCC2(CC1)CNNC2=O.COC(=O)C1(C=O)CCN(C(=O)OC(C)(C)C)CC1.COC(=O)C1(CI)CCN(C(=O)OC(C)(C)C)CC1.COC(=O)C1(CO)CCN(C(=O)OC(C)(C)C)CC1.COC(=O)C1CCN(C(=O)OC(C)(C)C)CC1.O. The average molecular weight is 1700 g/mol. The first kappa shape index (κ1) is 99.5. The van der Waals surface area contributed by atoms with Gasteiger partial charge in [-0.1, -0.05) is 22.6 Å². The molecule has 2 spiro atoms. The Kier molecular flexibility index (Phi) is 37.6. The lowest BCUT2D eigenvalue weighted by molar-refractivity contribution is -0.159. The van der Waals surface area contributed by atoms with Gasteiger partial charge in [0.05, 0.1) is 62.6 Å². The number of likely N-dealkylation sites (tertiary alicyclic amines) is 6. The number of rotatable bonds is 7. The zero-order chi connectivity index (χ0) is 83.9. The second-order valence-corrected chi connectivity index (χ2v) is 35.4. The Morgan fingerprint density at radius 1 is 0.450 bits per heavy atom. The van der Waals surface area contributed by atoms with Crippen molar-refractivity contribution in [1.29, 1.82) is 0 Å². The van der Waals surface area contributed by atoms with E-state index in [0.29, 0.717) is 160 Å². The van der Waals surface area contributed by atoms with E-state index in [9.17, 15) is 67.4 Å². The molecule has 36 heteroatoms. The van der Waals surface area contributed by atoms with Crippen molar-refractivity contribution >= 4 is 107 Å². The van der Waals surface area contributed by atoms with Crippen LogP contribution in [0.25, 0.3) is 0 Å². The minimum atomic E-state index is -1.12. The van der Waals surface area contributed by atoms with Crippen LogP contribution in [0.3, 0.4) is 0 Å². The molecule has 7 fully saturated rings. The predicted molar refractivity (Wildman–Crippen MR) is 414 cm³/mol. The molecule has 8 aliphatic rings. The zero-order valence-electron chi connectivity index (χ0n) is 69.7. The van der Waals surface area contributed by atoms with Crippen molar-refractivity contribution in [3.05, 3.63) is 0 Å². The number of halogens is 1. The molecule has 8 heterocycles. The number of esters is 4. The number of hydrogen-bond acceptors (Lipinski definition) is 26. The number of hydrazone groups is 1. The van der Waals surface area contributed by atoms with Crippen LogP contribution < -0.4 is 16.3 Å². The third-order valence-corrected chi connectivity index (χ3v) is 20.5. The largest absolute Gasteiger partial charge is 0.469 e. The van der Waals surface area contributed by atoms with E-state index in [1.807, 2.05) is 83.1 Å². The number of ether oxygens (including phenoxy) is 10. The summed E-state index contributed by atoms with van der Waals surface area (Å²) in [4.78, 5) is 162. The Balaban J connectivity index is 0.000000451. The van der Waals surface area contributed by atoms with E-state index < -0.39 is 73.3 Å². The van der Waals surface area contributed by atoms with E-state index in [0.717, 1.165) is 0 Å². The van der Waals surface area contributed by atoms with Crippen molar-refractivity contribution in [2.45, 2.75) is 235 Å². The average Bonchev–Trinajstić information content (AvgIpc) is 1.50. The maximum absolute atomic E-state index is 11.9. The first-order valence-electron chi connectivity index (χ1n) is 37.4. The first-order valence-corrected chi connectivity index (χ1v) is 38.9. The van der Waals surface area contributed by atoms with Gasteiger partial charge < -0.3 is 92.1 Å². The molecule has 6 N–H and O–H groups in total. The lowest BCUT2D eigenvalue weighted by Crippen LogP contribution is -2.49. The molecule has 636 valence electrons. The number of carbonyl (C=O) groups excluding carboxylic acids is 13. The minimum Gasteiger partial charge on any atom is -0.469 e. The molecule has 0 radical (unpaired) electrons. The van der Waals surface area contributed by atoms with Gasteiger partial charge in [-0.05, 0) is 202 Å². The van der Waals surface area contributed by atoms with Gasteiger partial charge in [-0.2, -0.15) is 5.10 Å². The summed E-state index contributed by atoms with van der Waals surface area (Å²) in [6.45, 7) is 39.0. The second kappa shape index (κ2) is 42.0. The highest BCUT2D eigenvalue weighted by Crippen LogP contribution is 2.39. The van der Waals surface area contributed by atoms with E-state index in [-0.39, 0.29) is 90.5 Å². The smallest absolute Gasteiger partial charge is 0.410 e. The molecule has 0 bridgehead atoms. The number of aliphatic hydroxyl groups is 1. The van der Waals surface area contributed by atoms with Gasteiger partial charge in [-0.15, -0.1) is 0 Å². The van der Waals surface area contributed by atoms with Crippen LogP contribution in [0.1, 0.15) is 202 Å². The molecule has 0 aromatic rings. The van der Waals surface area contributed by atoms with Gasteiger partial charge in [0.1, 0.15) is 45.3 Å². The molecule has 0 unspecified atom stereocenters. The van der Waals surface area contributed by atoms with E-state index in [1.54, 1.807) is 72.3 Å². The van der Waals surface area contributed by atoms with Crippen molar-refractivity contribution < 1.29 is 120 Å². The van der Waals surface area contributed by atoms with Crippen LogP contribution in [-0.2, 0) is 80.9 Å². The summed E-state index contributed by atoms with van der Waals surface area (Å²) < 4.78 is 51.4. The van der Waals surface area contributed by atoms with Crippen molar-refractivity contribution in [3.63, 3.8) is 0 Å². The zero-order valence-corrected chi connectivity index (χ0v) is 71.8. The van der Waals surface area contributed by atoms with Crippen LogP contribution in [0, 0.1) is 33.0 Å². The number of methoxy groups -OCH3 is 4. The number of carbonyl (C=O) groups is 13. The fraction of sp³-hybridized carbons (Fsp3) is 0.813. The molecule has 7 saturated heterocycles. The second-order valence-electron chi connectivity index (χ2n) is 34.6. The van der Waals surface area contributed by atoms with Gasteiger partial charge in [-0.3, -0.25) is 34.2 Å². The van der Waals surface area contributed by atoms with Crippen LogP contribution in [0.2, 0.25) is 0 Å². The minimum absolute atomic E-state index is 0. The molecule has 0 atom stereocenters. The van der Waals surface area contributed by atoms with Crippen LogP contribution >= 0.6 is 22.6 Å². The molecule has 0 saturated carbocycles. The molecule has 0 aromatic heterocycles. The molecular weight excluding hydrogens is 1570 g/mol. The summed E-state index contributed by atoms with van der Waals surface area (Å²) in [6.07, 6.45) is 6.70. The fourth-order valence-corrected chi connectivity index (χ4v) is 13.5. The monoisotopic (exact) mass is 1700 g/mol. The maximum Gasteiger partial charge on any atom is 0.410 e. The number of aldehydes is 1. The van der Waals surface area contributed by atoms with Gasteiger partial charge in [0.2, 0.25) is 5.91 Å². The molecule has 111 heavy (non-hydrogen) atoms. The van der Waals surface area contributed by atoms with Crippen molar-refractivity contribution in [2.24, 2.45) is 38.1 Å². The molecule has 0 aromatic carbocycles. The highest BCUT2D eigenvalue weighted by atomic mass is 127.